The summed E-state index contributed by atoms with van der Waals surface area (Å²) in [5.41, 5.74) is 1.00. The Morgan fingerprint density at radius 1 is 1.12 bits per heavy atom. The minimum absolute atomic E-state index is 0. The fourth-order valence-corrected chi connectivity index (χ4v) is 4.97. The maximum atomic E-state index is 6.12. The van der Waals surface area contributed by atoms with Crippen LogP contribution in [-0.2, 0) is 16.0 Å². The summed E-state index contributed by atoms with van der Waals surface area (Å²) < 4.78 is 17.5. The van der Waals surface area contributed by atoms with Gasteiger partial charge in [-0.2, -0.15) is 0 Å². The van der Waals surface area contributed by atoms with Gasteiger partial charge in [-0.05, 0) is 71.4 Å². The van der Waals surface area contributed by atoms with Gasteiger partial charge in [-0.15, -0.1) is 24.0 Å². The van der Waals surface area contributed by atoms with Gasteiger partial charge in [0.2, 0.25) is 5.89 Å². The van der Waals surface area contributed by atoms with E-state index in [2.05, 4.69) is 25.1 Å². The van der Waals surface area contributed by atoms with E-state index in [1.807, 2.05) is 20.9 Å². The van der Waals surface area contributed by atoms with Gasteiger partial charge >= 0.3 is 0 Å². The second-order valence-electron chi connectivity index (χ2n) is 9.55. The average molecular weight is 576 g/mol. The van der Waals surface area contributed by atoms with Crippen molar-refractivity contribution >= 4 is 29.9 Å². The Labute approximate surface area is 215 Å². The van der Waals surface area contributed by atoms with Crippen LogP contribution in [0.4, 0.5) is 0 Å². The predicted octanol–water partition coefficient (Wildman–Crippen LogP) is 3.36. The molecule has 4 rings (SSSR count). The summed E-state index contributed by atoms with van der Waals surface area (Å²) in [7, 11) is 1.89. The number of aliphatic imine (C=N–C) groups is 1. The van der Waals surface area contributed by atoms with Crippen molar-refractivity contribution in [3.63, 3.8) is 0 Å². The van der Waals surface area contributed by atoms with Crippen LogP contribution >= 0.6 is 24.0 Å². The van der Waals surface area contributed by atoms with Crippen LogP contribution in [0.1, 0.15) is 55.9 Å². The molecule has 3 aliphatic heterocycles. The number of aryl methyl sites for hydroxylation is 2. The Balaban J connectivity index is 0.00000306. The summed E-state index contributed by atoms with van der Waals surface area (Å²) in [4.78, 5) is 13.9. The highest BCUT2D eigenvalue weighted by Crippen LogP contribution is 2.20. The van der Waals surface area contributed by atoms with Crippen LogP contribution in [0.25, 0.3) is 0 Å². The van der Waals surface area contributed by atoms with Crippen molar-refractivity contribution in [1.82, 2.24) is 20.1 Å². The van der Waals surface area contributed by atoms with E-state index in [0.717, 1.165) is 95.0 Å². The standard InChI is InChI=1S/C24H41N5O3.HI/c1-18-19(2)32-23(27-18)16-28-10-6-20(7-11-28)15-26-24(25-3)29-12-8-21(9-13-29)31-17-22-5-4-14-30-22;/h20-22H,4-17H2,1-3H3,(H,25,26);1H. The summed E-state index contributed by atoms with van der Waals surface area (Å²) in [6.07, 6.45) is 7.51. The Kier molecular flexibility index (Phi) is 10.7. The molecule has 3 fully saturated rings. The summed E-state index contributed by atoms with van der Waals surface area (Å²) in [5, 5.41) is 3.64. The lowest BCUT2D eigenvalue weighted by molar-refractivity contribution is -0.0367. The third kappa shape index (κ3) is 7.80. The Bertz CT molecular complexity index is 717. The highest BCUT2D eigenvalue weighted by atomic mass is 127. The van der Waals surface area contributed by atoms with Gasteiger partial charge in [-0.1, -0.05) is 0 Å². The topological polar surface area (TPSA) is 75.4 Å². The third-order valence-electron chi connectivity index (χ3n) is 7.18. The van der Waals surface area contributed by atoms with E-state index in [0.29, 0.717) is 18.1 Å². The molecular weight excluding hydrogens is 533 g/mol. The molecule has 4 heterocycles. The maximum Gasteiger partial charge on any atom is 0.208 e. The minimum atomic E-state index is 0. The molecule has 0 radical (unpaired) electrons. The lowest BCUT2D eigenvalue weighted by atomic mass is 9.97. The molecule has 1 N–H and O–H groups in total. The van der Waals surface area contributed by atoms with E-state index in [-0.39, 0.29) is 24.0 Å². The lowest BCUT2D eigenvalue weighted by Gasteiger charge is -2.36. The highest BCUT2D eigenvalue weighted by Gasteiger charge is 2.25. The zero-order valence-electron chi connectivity index (χ0n) is 20.6. The smallest absolute Gasteiger partial charge is 0.208 e. The monoisotopic (exact) mass is 575 g/mol. The molecule has 0 spiro atoms. The first-order valence-electron chi connectivity index (χ1n) is 12.4. The number of oxazole rings is 1. The molecule has 0 aliphatic carbocycles. The largest absolute Gasteiger partial charge is 0.444 e. The fraction of sp³-hybridized carbons (Fsp3) is 0.833. The van der Waals surface area contributed by atoms with Crippen LogP contribution in [0.5, 0.6) is 0 Å². The van der Waals surface area contributed by atoms with Crippen molar-refractivity contribution in [2.75, 3.05) is 53.0 Å². The molecular formula is C24H42IN5O3. The van der Waals surface area contributed by atoms with Gasteiger partial charge in [0.15, 0.2) is 5.96 Å². The van der Waals surface area contributed by atoms with Gasteiger partial charge < -0.3 is 24.1 Å². The molecule has 0 amide bonds. The fourth-order valence-electron chi connectivity index (χ4n) is 4.97. The van der Waals surface area contributed by atoms with Gasteiger partial charge in [0.1, 0.15) is 5.76 Å². The predicted molar refractivity (Wildman–Crippen MR) is 140 cm³/mol. The van der Waals surface area contributed by atoms with Crippen molar-refractivity contribution in [2.45, 2.75) is 71.1 Å². The van der Waals surface area contributed by atoms with Crippen LogP contribution in [0.15, 0.2) is 9.41 Å². The van der Waals surface area contributed by atoms with E-state index in [4.69, 9.17) is 13.9 Å². The number of guanidine groups is 1. The van der Waals surface area contributed by atoms with Gasteiger partial charge in [0.05, 0.1) is 31.1 Å². The molecule has 1 aromatic rings. The van der Waals surface area contributed by atoms with E-state index in [9.17, 15) is 0 Å². The first-order valence-corrected chi connectivity index (χ1v) is 12.4. The molecule has 0 saturated carbocycles. The zero-order valence-corrected chi connectivity index (χ0v) is 22.9. The van der Waals surface area contributed by atoms with E-state index in [1.165, 1.54) is 19.3 Å². The quantitative estimate of drug-likeness (QED) is 0.304. The summed E-state index contributed by atoms with van der Waals surface area (Å²) in [6, 6.07) is 0. The van der Waals surface area contributed by atoms with Gasteiger partial charge in [-0.25, -0.2) is 4.98 Å². The van der Waals surface area contributed by atoms with Crippen LogP contribution in [0.2, 0.25) is 0 Å². The van der Waals surface area contributed by atoms with Crippen molar-refractivity contribution in [3.05, 3.63) is 17.3 Å². The molecule has 3 aliphatic rings. The number of ether oxygens (including phenoxy) is 2. The number of piperidine rings is 2. The molecule has 1 unspecified atom stereocenters. The molecule has 33 heavy (non-hydrogen) atoms. The zero-order chi connectivity index (χ0) is 22.3. The summed E-state index contributed by atoms with van der Waals surface area (Å²) >= 11 is 0. The summed E-state index contributed by atoms with van der Waals surface area (Å²) in [6.45, 7) is 11.7. The number of hydrogen-bond acceptors (Lipinski definition) is 6. The van der Waals surface area contributed by atoms with Gasteiger partial charge in [0.25, 0.3) is 0 Å². The minimum Gasteiger partial charge on any atom is -0.444 e. The molecule has 0 aromatic carbocycles. The number of rotatable bonds is 7. The number of likely N-dealkylation sites (tertiary alicyclic amines) is 2. The third-order valence-corrected chi connectivity index (χ3v) is 7.18. The second kappa shape index (κ2) is 13.3. The van der Waals surface area contributed by atoms with Crippen LogP contribution in [0.3, 0.4) is 0 Å². The number of hydrogen-bond donors (Lipinski definition) is 1. The summed E-state index contributed by atoms with van der Waals surface area (Å²) in [5.74, 6) is 3.50. The maximum absolute atomic E-state index is 6.12. The highest BCUT2D eigenvalue weighted by molar-refractivity contribution is 14.0. The Morgan fingerprint density at radius 3 is 2.48 bits per heavy atom. The molecule has 1 atom stereocenters. The molecule has 1 aromatic heterocycles. The molecule has 3 saturated heterocycles. The second-order valence-corrected chi connectivity index (χ2v) is 9.55. The molecule has 8 nitrogen and oxygen atoms in total. The number of halogens is 1. The van der Waals surface area contributed by atoms with Crippen LogP contribution in [0, 0.1) is 19.8 Å². The van der Waals surface area contributed by atoms with Crippen molar-refractivity contribution in [1.29, 1.82) is 0 Å². The molecule has 188 valence electrons. The van der Waals surface area contributed by atoms with Crippen molar-refractivity contribution < 1.29 is 13.9 Å². The Hall–Kier alpha value is -0.910. The molecule has 9 heteroatoms. The van der Waals surface area contributed by atoms with Gasteiger partial charge in [0, 0.05) is 33.3 Å². The van der Waals surface area contributed by atoms with Gasteiger partial charge in [-0.3, -0.25) is 9.89 Å². The van der Waals surface area contributed by atoms with Crippen molar-refractivity contribution in [2.24, 2.45) is 10.9 Å². The number of nitrogens with zero attached hydrogens (tertiary/aromatic N) is 4. The first kappa shape index (κ1) is 26.7. The van der Waals surface area contributed by atoms with Crippen LogP contribution in [-0.4, -0.2) is 85.9 Å². The van der Waals surface area contributed by atoms with E-state index < -0.39 is 0 Å². The van der Waals surface area contributed by atoms with Crippen molar-refractivity contribution in [3.8, 4) is 0 Å². The Morgan fingerprint density at radius 2 is 1.88 bits per heavy atom. The van der Waals surface area contributed by atoms with E-state index in [1.54, 1.807) is 0 Å². The van der Waals surface area contributed by atoms with E-state index >= 15 is 0 Å². The number of nitrogens with one attached hydrogen (secondary N) is 1. The average Bonchev–Trinajstić information content (AvgIpc) is 3.44. The molecule has 0 bridgehead atoms. The number of aromatic nitrogens is 1. The normalized spacial score (nSPS) is 23.7. The SMILES string of the molecule is CN=C(NCC1CCN(Cc2nc(C)c(C)o2)CC1)N1CCC(OCC2CCCO2)CC1.I. The van der Waals surface area contributed by atoms with Crippen LogP contribution < -0.4 is 5.32 Å². The lowest BCUT2D eigenvalue weighted by Crippen LogP contribution is -2.48. The first-order chi connectivity index (χ1) is 15.6.